The lowest BCUT2D eigenvalue weighted by Gasteiger charge is -2.13. The molecule has 0 aliphatic rings. The second-order valence-corrected chi connectivity index (χ2v) is 9.78. The molecule has 1 heterocycles. The molecule has 0 bridgehead atoms. The number of halogens is 1. The van der Waals surface area contributed by atoms with Gasteiger partial charge in [0.05, 0.1) is 23.6 Å². The van der Waals surface area contributed by atoms with E-state index in [1.807, 2.05) is 18.2 Å². The van der Waals surface area contributed by atoms with Crippen LogP contribution in [0.3, 0.4) is 0 Å². The Morgan fingerprint density at radius 2 is 1.79 bits per heavy atom. The van der Waals surface area contributed by atoms with E-state index in [0.717, 1.165) is 21.9 Å². The summed E-state index contributed by atoms with van der Waals surface area (Å²) >= 11 is 6.22. The molecule has 4 aromatic rings. The summed E-state index contributed by atoms with van der Waals surface area (Å²) in [5, 5.41) is 14.1. The highest BCUT2D eigenvalue weighted by Gasteiger charge is 2.14. The summed E-state index contributed by atoms with van der Waals surface area (Å²) in [5.74, 6) is 1.12. The number of fused-ring (bicyclic) bond motifs is 1. The number of ether oxygens (including phenoxy) is 1. The summed E-state index contributed by atoms with van der Waals surface area (Å²) < 4.78 is 28.7. The molecule has 0 atom stereocenters. The zero-order valence-corrected chi connectivity index (χ0v) is 19.4. The van der Waals surface area contributed by atoms with Crippen molar-refractivity contribution < 1.29 is 13.2 Å². The maximum Gasteiger partial charge on any atom is 0.188 e. The molecule has 0 spiro atoms. The van der Waals surface area contributed by atoms with Crippen molar-refractivity contribution in [2.45, 2.75) is 11.4 Å². The molecule has 0 aliphatic carbocycles. The third kappa shape index (κ3) is 4.75. The summed E-state index contributed by atoms with van der Waals surface area (Å²) in [6, 6.07) is 17.3. The van der Waals surface area contributed by atoms with Crippen molar-refractivity contribution in [1.29, 1.82) is 0 Å². The molecular weight excluding hydrogens is 460 g/mol. The SMILES string of the molecule is [C-]#[N+]c1ccc2c(-c3ccc(S(C)(=O)=O)cc3)nnc(NCc3ccc(OC)c(Cl)c3)c2c1. The van der Waals surface area contributed by atoms with Gasteiger partial charge in [-0.05, 0) is 35.9 Å². The number of hydrogen-bond acceptors (Lipinski definition) is 6. The van der Waals surface area contributed by atoms with E-state index in [9.17, 15) is 8.42 Å². The average molecular weight is 479 g/mol. The van der Waals surface area contributed by atoms with Gasteiger partial charge in [-0.15, -0.1) is 10.2 Å². The van der Waals surface area contributed by atoms with Crippen LogP contribution in [0.4, 0.5) is 11.5 Å². The lowest BCUT2D eigenvalue weighted by Crippen LogP contribution is -2.04. The van der Waals surface area contributed by atoms with Crippen LogP contribution < -0.4 is 10.1 Å². The molecule has 0 saturated carbocycles. The Bertz CT molecular complexity index is 1500. The number of hydrogen-bond donors (Lipinski definition) is 1. The van der Waals surface area contributed by atoms with Gasteiger partial charge in [-0.3, -0.25) is 0 Å². The highest BCUT2D eigenvalue weighted by atomic mass is 35.5. The first-order valence-electron chi connectivity index (χ1n) is 9.85. The van der Waals surface area contributed by atoms with Crippen LogP contribution in [0.2, 0.25) is 5.02 Å². The van der Waals surface area contributed by atoms with Gasteiger partial charge in [-0.2, -0.15) is 0 Å². The molecule has 33 heavy (non-hydrogen) atoms. The average Bonchev–Trinajstić information content (AvgIpc) is 2.81. The topological polar surface area (TPSA) is 85.5 Å². The van der Waals surface area contributed by atoms with Gasteiger partial charge in [0, 0.05) is 29.1 Å². The second-order valence-electron chi connectivity index (χ2n) is 7.36. The quantitative estimate of drug-likeness (QED) is 0.367. The van der Waals surface area contributed by atoms with Crippen molar-refractivity contribution in [2.75, 3.05) is 18.7 Å². The first kappa shape index (κ1) is 22.5. The molecule has 1 aromatic heterocycles. The fraction of sp³-hybridized carbons (Fsp3) is 0.125. The van der Waals surface area contributed by atoms with Gasteiger partial charge < -0.3 is 10.1 Å². The largest absolute Gasteiger partial charge is 0.495 e. The zero-order chi connectivity index (χ0) is 23.6. The summed E-state index contributed by atoms with van der Waals surface area (Å²) in [6.07, 6.45) is 1.17. The van der Waals surface area contributed by atoms with Crippen LogP contribution in [-0.4, -0.2) is 32.0 Å². The minimum atomic E-state index is -3.30. The highest BCUT2D eigenvalue weighted by molar-refractivity contribution is 7.90. The highest BCUT2D eigenvalue weighted by Crippen LogP contribution is 2.33. The molecule has 0 radical (unpaired) electrons. The van der Waals surface area contributed by atoms with Gasteiger partial charge in [-0.1, -0.05) is 41.9 Å². The Balaban J connectivity index is 1.73. The maximum absolute atomic E-state index is 11.8. The van der Waals surface area contributed by atoms with E-state index in [-0.39, 0.29) is 4.90 Å². The molecular formula is C24H19ClN4O3S. The van der Waals surface area contributed by atoms with E-state index in [2.05, 4.69) is 20.4 Å². The Kier molecular flexibility index (Phi) is 6.18. The van der Waals surface area contributed by atoms with Gasteiger partial charge in [0.1, 0.15) is 11.4 Å². The second kappa shape index (κ2) is 9.06. The lowest BCUT2D eigenvalue weighted by molar-refractivity contribution is 0.415. The van der Waals surface area contributed by atoms with Crippen molar-refractivity contribution in [3.05, 3.63) is 82.7 Å². The van der Waals surface area contributed by atoms with Crippen molar-refractivity contribution in [1.82, 2.24) is 10.2 Å². The lowest BCUT2D eigenvalue weighted by atomic mass is 10.0. The number of aromatic nitrogens is 2. The van der Waals surface area contributed by atoms with Crippen LogP contribution >= 0.6 is 11.6 Å². The fourth-order valence-electron chi connectivity index (χ4n) is 3.42. The van der Waals surface area contributed by atoms with E-state index < -0.39 is 9.84 Å². The van der Waals surface area contributed by atoms with E-state index in [4.69, 9.17) is 22.9 Å². The third-order valence-corrected chi connectivity index (χ3v) is 6.55. The van der Waals surface area contributed by atoms with Crippen LogP contribution in [0.25, 0.3) is 26.9 Å². The van der Waals surface area contributed by atoms with Crippen LogP contribution in [0.5, 0.6) is 5.75 Å². The fourth-order valence-corrected chi connectivity index (χ4v) is 4.33. The van der Waals surface area contributed by atoms with E-state index in [1.54, 1.807) is 49.6 Å². The number of rotatable bonds is 6. The molecule has 1 N–H and O–H groups in total. The molecule has 3 aromatic carbocycles. The molecule has 166 valence electrons. The van der Waals surface area contributed by atoms with Gasteiger partial charge in [0.15, 0.2) is 21.3 Å². The molecule has 0 aliphatic heterocycles. The Morgan fingerprint density at radius 1 is 1.03 bits per heavy atom. The predicted molar refractivity (Wildman–Crippen MR) is 130 cm³/mol. The molecule has 0 amide bonds. The number of methoxy groups -OCH3 is 1. The van der Waals surface area contributed by atoms with Crippen molar-refractivity contribution in [2.24, 2.45) is 0 Å². The molecule has 0 unspecified atom stereocenters. The van der Waals surface area contributed by atoms with Crippen LogP contribution in [-0.2, 0) is 16.4 Å². The third-order valence-electron chi connectivity index (χ3n) is 5.12. The van der Waals surface area contributed by atoms with Crippen LogP contribution in [0.1, 0.15) is 5.56 Å². The monoisotopic (exact) mass is 478 g/mol. The summed E-state index contributed by atoms with van der Waals surface area (Å²) in [4.78, 5) is 3.76. The van der Waals surface area contributed by atoms with Crippen LogP contribution in [0.15, 0.2) is 65.6 Å². The number of sulfone groups is 1. The standard InChI is InChI=1S/C24H19ClN4O3S/c1-26-17-7-10-19-20(13-17)24(27-14-15-4-11-22(32-2)21(25)12-15)29-28-23(19)16-5-8-18(9-6-16)33(3,30)31/h4-13H,14H2,2-3H3,(H,27,29). The first-order valence-corrected chi connectivity index (χ1v) is 12.1. The Hall–Kier alpha value is -3.67. The summed E-state index contributed by atoms with van der Waals surface area (Å²) in [6.45, 7) is 7.82. The molecule has 9 heteroatoms. The molecule has 0 fully saturated rings. The van der Waals surface area contributed by atoms with Gasteiger partial charge in [0.25, 0.3) is 0 Å². The van der Waals surface area contributed by atoms with E-state index >= 15 is 0 Å². The predicted octanol–water partition coefficient (Wildman–Crippen LogP) is 5.53. The zero-order valence-electron chi connectivity index (χ0n) is 17.8. The van der Waals surface area contributed by atoms with Gasteiger partial charge in [0.2, 0.25) is 0 Å². The van der Waals surface area contributed by atoms with Crippen molar-refractivity contribution in [3.8, 4) is 17.0 Å². The van der Waals surface area contributed by atoms with Gasteiger partial charge >= 0.3 is 0 Å². The number of benzene rings is 3. The smallest absolute Gasteiger partial charge is 0.188 e. The minimum absolute atomic E-state index is 0.232. The molecule has 4 rings (SSSR count). The van der Waals surface area contributed by atoms with Gasteiger partial charge in [-0.25, -0.2) is 13.3 Å². The van der Waals surface area contributed by atoms with E-state index in [0.29, 0.717) is 34.5 Å². The van der Waals surface area contributed by atoms with E-state index in [1.165, 1.54) is 6.26 Å². The Labute approximate surface area is 196 Å². The normalized spacial score (nSPS) is 11.2. The molecule has 0 saturated heterocycles. The van der Waals surface area contributed by atoms with Crippen LogP contribution in [0, 0.1) is 6.57 Å². The number of anilines is 1. The minimum Gasteiger partial charge on any atom is -0.495 e. The number of nitrogens with one attached hydrogen (secondary N) is 1. The first-order chi connectivity index (χ1) is 15.8. The van der Waals surface area contributed by atoms with Crippen molar-refractivity contribution >= 4 is 43.7 Å². The molecule has 7 nitrogen and oxygen atoms in total. The maximum atomic E-state index is 11.8. The summed E-state index contributed by atoms with van der Waals surface area (Å²) in [7, 11) is -1.74. The number of nitrogens with zero attached hydrogens (tertiary/aromatic N) is 3. The Morgan fingerprint density at radius 3 is 2.42 bits per heavy atom. The van der Waals surface area contributed by atoms with Crippen molar-refractivity contribution in [3.63, 3.8) is 0 Å². The summed E-state index contributed by atoms with van der Waals surface area (Å²) in [5.41, 5.74) is 2.73.